The van der Waals surface area contributed by atoms with E-state index >= 15 is 0 Å². The Morgan fingerprint density at radius 2 is 2.05 bits per heavy atom. The van der Waals surface area contributed by atoms with E-state index in [2.05, 4.69) is 22.4 Å². The van der Waals surface area contributed by atoms with Gasteiger partial charge in [-0.3, -0.25) is 4.98 Å². The van der Waals surface area contributed by atoms with Crippen molar-refractivity contribution in [2.24, 2.45) is 0 Å². The second-order valence-corrected chi connectivity index (χ2v) is 5.23. The van der Waals surface area contributed by atoms with Crippen LogP contribution in [-0.2, 0) is 4.74 Å². The van der Waals surface area contributed by atoms with Crippen molar-refractivity contribution in [2.75, 3.05) is 12.4 Å². The first-order chi connectivity index (χ1) is 9.36. The number of rotatable bonds is 3. The highest BCUT2D eigenvalue weighted by Gasteiger charge is 2.24. The second-order valence-electron chi connectivity index (χ2n) is 5.23. The molecule has 3 nitrogen and oxygen atoms in total. The molecule has 3 heteroatoms. The molecular weight excluding hydrogens is 236 g/mol. The van der Waals surface area contributed by atoms with Crippen LogP contribution in [0.15, 0.2) is 36.5 Å². The van der Waals surface area contributed by atoms with Crippen LogP contribution < -0.4 is 5.32 Å². The molecule has 1 aliphatic carbocycles. The van der Waals surface area contributed by atoms with E-state index in [9.17, 15) is 0 Å². The molecule has 1 saturated carbocycles. The fourth-order valence-electron chi connectivity index (χ4n) is 2.91. The first-order valence-electron chi connectivity index (χ1n) is 7.01. The van der Waals surface area contributed by atoms with Crippen LogP contribution in [0.5, 0.6) is 0 Å². The van der Waals surface area contributed by atoms with Crippen molar-refractivity contribution in [3.05, 3.63) is 36.5 Å². The number of nitrogens with one attached hydrogen (secondary N) is 1. The second kappa shape index (κ2) is 5.57. The maximum Gasteiger partial charge on any atom is 0.0772 e. The molecule has 1 aromatic heterocycles. The van der Waals surface area contributed by atoms with E-state index in [1.54, 1.807) is 0 Å². The molecule has 0 amide bonds. The third kappa shape index (κ3) is 2.71. The van der Waals surface area contributed by atoms with Crippen molar-refractivity contribution >= 4 is 16.6 Å². The number of aromatic nitrogens is 1. The van der Waals surface area contributed by atoms with Crippen LogP contribution in [0.1, 0.15) is 25.7 Å². The van der Waals surface area contributed by atoms with E-state index in [1.807, 2.05) is 31.5 Å². The third-order valence-corrected chi connectivity index (χ3v) is 3.95. The van der Waals surface area contributed by atoms with Gasteiger partial charge in [-0.15, -0.1) is 0 Å². The fourth-order valence-corrected chi connectivity index (χ4v) is 2.91. The molecule has 2 unspecified atom stereocenters. The van der Waals surface area contributed by atoms with Crippen LogP contribution in [0.25, 0.3) is 10.9 Å². The lowest BCUT2D eigenvalue weighted by Crippen LogP contribution is -2.37. The Bertz CT molecular complexity index is 555. The van der Waals surface area contributed by atoms with Gasteiger partial charge < -0.3 is 10.1 Å². The number of fused-ring (bicyclic) bond motifs is 1. The zero-order chi connectivity index (χ0) is 13.1. The summed E-state index contributed by atoms with van der Waals surface area (Å²) in [5.41, 5.74) is 2.13. The molecule has 0 aliphatic heterocycles. The summed E-state index contributed by atoms with van der Waals surface area (Å²) in [6.07, 6.45) is 7.11. The van der Waals surface area contributed by atoms with Crippen LogP contribution in [0, 0.1) is 0 Å². The van der Waals surface area contributed by atoms with Crippen molar-refractivity contribution < 1.29 is 4.74 Å². The Kier molecular flexibility index (Phi) is 3.65. The molecule has 0 radical (unpaired) electrons. The minimum absolute atomic E-state index is 0.320. The molecule has 2 aromatic rings. The van der Waals surface area contributed by atoms with Gasteiger partial charge in [0.15, 0.2) is 0 Å². The highest BCUT2D eigenvalue weighted by atomic mass is 16.5. The van der Waals surface area contributed by atoms with Crippen molar-refractivity contribution in [3.8, 4) is 0 Å². The van der Waals surface area contributed by atoms with Gasteiger partial charge in [0, 0.05) is 12.5 Å². The van der Waals surface area contributed by atoms with E-state index in [0.717, 1.165) is 17.6 Å². The zero-order valence-corrected chi connectivity index (χ0v) is 11.3. The maximum atomic E-state index is 5.58. The van der Waals surface area contributed by atoms with Gasteiger partial charge in [-0.1, -0.05) is 31.0 Å². The monoisotopic (exact) mass is 256 g/mol. The molecule has 100 valence electrons. The summed E-state index contributed by atoms with van der Waals surface area (Å²) in [7, 11) is 1.81. The number of pyridine rings is 1. The molecule has 1 heterocycles. The van der Waals surface area contributed by atoms with Gasteiger partial charge in [0.25, 0.3) is 0 Å². The van der Waals surface area contributed by atoms with E-state index in [0.29, 0.717) is 12.1 Å². The van der Waals surface area contributed by atoms with Gasteiger partial charge in [0.05, 0.1) is 29.5 Å². The molecular formula is C16H20N2O. The molecule has 1 aliphatic rings. The predicted octanol–water partition coefficient (Wildman–Crippen LogP) is 3.60. The van der Waals surface area contributed by atoms with Crippen molar-refractivity contribution in [1.29, 1.82) is 0 Å². The predicted molar refractivity (Wildman–Crippen MR) is 78.4 cm³/mol. The molecule has 2 atom stereocenters. The molecule has 1 N–H and O–H groups in total. The Balaban J connectivity index is 1.80. The Morgan fingerprint density at radius 3 is 2.95 bits per heavy atom. The van der Waals surface area contributed by atoms with Crippen molar-refractivity contribution in [1.82, 2.24) is 4.98 Å². The highest BCUT2D eigenvalue weighted by molar-refractivity contribution is 5.81. The number of nitrogens with zero attached hydrogens (tertiary/aromatic N) is 1. The van der Waals surface area contributed by atoms with Crippen LogP contribution in [0.3, 0.4) is 0 Å². The van der Waals surface area contributed by atoms with Gasteiger partial charge in [0.2, 0.25) is 0 Å². The van der Waals surface area contributed by atoms with Gasteiger partial charge in [0.1, 0.15) is 0 Å². The summed E-state index contributed by atoms with van der Waals surface area (Å²) < 4.78 is 5.58. The van der Waals surface area contributed by atoms with Gasteiger partial charge >= 0.3 is 0 Å². The molecule has 1 fully saturated rings. The van der Waals surface area contributed by atoms with Crippen LogP contribution >= 0.6 is 0 Å². The van der Waals surface area contributed by atoms with Crippen LogP contribution in [0.2, 0.25) is 0 Å². The topological polar surface area (TPSA) is 34.1 Å². The van der Waals surface area contributed by atoms with E-state index in [1.165, 1.54) is 24.6 Å². The minimum Gasteiger partial charge on any atom is -0.379 e. The molecule has 0 saturated heterocycles. The number of benzene rings is 1. The van der Waals surface area contributed by atoms with E-state index in [-0.39, 0.29) is 0 Å². The number of methoxy groups -OCH3 is 1. The van der Waals surface area contributed by atoms with Crippen LogP contribution in [0.4, 0.5) is 5.69 Å². The normalized spacial score (nSPS) is 23.4. The number of ether oxygens (including phenoxy) is 1. The maximum absolute atomic E-state index is 5.58. The molecule has 0 spiro atoms. The standard InChI is InChI=1S/C16H20N2O/c1-19-16-9-5-4-8-15(16)18-13-10-12-6-2-3-7-14(12)17-11-13/h2-3,6-7,10-11,15-16,18H,4-5,8-9H2,1H3. The first-order valence-corrected chi connectivity index (χ1v) is 7.01. The molecule has 1 aromatic carbocycles. The number of hydrogen-bond donors (Lipinski definition) is 1. The average Bonchev–Trinajstić information content (AvgIpc) is 2.48. The number of anilines is 1. The SMILES string of the molecule is COC1CCCCC1Nc1cnc2ccccc2c1. The average molecular weight is 256 g/mol. The Morgan fingerprint density at radius 1 is 1.21 bits per heavy atom. The Hall–Kier alpha value is -1.61. The van der Waals surface area contributed by atoms with Crippen molar-refractivity contribution in [2.45, 2.75) is 37.8 Å². The first kappa shape index (κ1) is 12.4. The highest BCUT2D eigenvalue weighted by Crippen LogP contribution is 2.25. The lowest BCUT2D eigenvalue weighted by Gasteiger charge is -2.31. The van der Waals surface area contributed by atoms with Gasteiger partial charge in [-0.05, 0) is 25.0 Å². The summed E-state index contributed by atoms with van der Waals surface area (Å²) in [5, 5.41) is 4.76. The smallest absolute Gasteiger partial charge is 0.0772 e. The van der Waals surface area contributed by atoms with Gasteiger partial charge in [-0.2, -0.15) is 0 Å². The summed E-state index contributed by atoms with van der Waals surface area (Å²) in [6, 6.07) is 10.8. The summed E-state index contributed by atoms with van der Waals surface area (Å²) in [5.74, 6) is 0. The lowest BCUT2D eigenvalue weighted by molar-refractivity contribution is 0.0606. The summed E-state index contributed by atoms with van der Waals surface area (Å²) in [6.45, 7) is 0. The largest absolute Gasteiger partial charge is 0.379 e. The molecule has 0 bridgehead atoms. The van der Waals surface area contributed by atoms with E-state index < -0.39 is 0 Å². The number of hydrogen-bond acceptors (Lipinski definition) is 3. The fraction of sp³-hybridized carbons (Fsp3) is 0.438. The van der Waals surface area contributed by atoms with E-state index in [4.69, 9.17) is 4.74 Å². The summed E-state index contributed by atoms with van der Waals surface area (Å²) in [4.78, 5) is 4.49. The van der Waals surface area contributed by atoms with Crippen LogP contribution in [-0.4, -0.2) is 24.2 Å². The molecule has 19 heavy (non-hydrogen) atoms. The zero-order valence-electron chi connectivity index (χ0n) is 11.3. The quantitative estimate of drug-likeness (QED) is 0.911. The Labute approximate surface area is 114 Å². The van der Waals surface area contributed by atoms with Crippen molar-refractivity contribution in [3.63, 3.8) is 0 Å². The summed E-state index contributed by atoms with van der Waals surface area (Å²) >= 11 is 0. The van der Waals surface area contributed by atoms with Gasteiger partial charge in [-0.25, -0.2) is 0 Å². The number of para-hydroxylation sites is 1. The lowest BCUT2D eigenvalue weighted by atomic mass is 9.92. The molecule has 3 rings (SSSR count). The third-order valence-electron chi connectivity index (χ3n) is 3.95. The minimum atomic E-state index is 0.320.